The van der Waals surface area contributed by atoms with Crippen molar-refractivity contribution in [1.82, 2.24) is 0 Å². The molecule has 0 aliphatic carbocycles. The zero-order valence-electron chi connectivity index (χ0n) is 10.3. The Kier molecular flexibility index (Phi) is 4.53. The fraction of sp³-hybridized carbons (Fsp3) is 0.500. The molecule has 0 bridgehead atoms. The second kappa shape index (κ2) is 5.69. The standard InChI is InChI=1S/C14H20O2/c1-4-5-11-13(15)16-14(2,3)12-9-7-6-8-10-12/h6-10H,4-5,11H2,1-3H3. The van der Waals surface area contributed by atoms with E-state index < -0.39 is 5.60 Å². The molecular formula is C14H20O2. The number of ether oxygens (including phenoxy) is 1. The van der Waals surface area contributed by atoms with Crippen LogP contribution in [0.1, 0.15) is 45.6 Å². The second-order valence-corrected chi connectivity index (χ2v) is 4.45. The van der Waals surface area contributed by atoms with Crippen molar-refractivity contribution in [2.45, 2.75) is 45.6 Å². The van der Waals surface area contributed by atoms with Crippen LogP contribution in [0.3, 0.4) is 0 Å². The summed E-state index contributed by atoms with van der Waals surface area (Å²) >= 11 is 0. The average molecular weight is 220 g/mol. The molecule has 0 fully saturated rings. The molecule has 0 N–H and O–H groups in total. The summed E-state index contributed by atoms with van der Waals surface area (Å²) in [6.07, 6.45) is 2.41. The SMILES string of the molecule is CCCCC(=O)OC(C)(C)c1ccccc1. The Bertz CT molecular complexity index is 328. The summed E-state index contributed by atoms with van der Waals surface area (Å²) in [5.74, 6) is -0.115. The summed E-state index contributed by atoms with van der Waals surface area (Å²) in [4.78, 5) is 11.6. The predicted molar refractivity (Wildman–Crippen MR) is 65.1 cm³/mol. The van der Waals surface area contributed by atoms with Crippen molar-refractivity contribution in [2.75, 3.05) is 0 Å². The molecule has 2 nitrogen and oxygen atoms in total. The molecule has 0 amide bonds. The Morgan fingerprint density at radius 3 is 2.44 bits per heavy atom. The van der Waals surface area contributed by atoms with Crippen LogP contribution in [0.15, 0.2) is 30.3 Å². The molecule has 0 aliphatic heterocycles. The molecule has 0 saturated carbocycles. The first-order valence-corrected chi connectivity index (χ1v) is 5.83. The van der Waals surface area contributed by atoms with Crippen LogP contribution in [0, 0.1) is 0 Å². The minimum atomic E-state index is -0.536. The summed E-state index contributed by atoms with van der Waals surface area (Å²) in [6, 6.07) is 9.83. The maximum absolute atomic E-state index is 11.6. The van der Waals surface area contributed by atoms with Gasteiger partial charge >= 0.3 is 5.97 Å². The highest BCUT2D eigenvalue weighted by molar-refractivity contribution is 5.70. The lowest BCUT2D eigenvalue weighted by molar-refractivity contribution is -0.157. The minimum Gasteiger partial charge on any atom is -0.455 e. The number of rotatable bonds is 5. The van der Waals surface area contributed by atoms with E-state index in [1.165, 1.54) is 0 Å². The van der Waals surface area contributed by atoms with Crippen LogP contribution in [-0.4, -0.2) is 5.97 Å². The van der Waals surface area contributed by atoms with E-state index in [2.05, 4.69) is 6.92 Å². The number of esters is 1. The smallest absolute Gasteiger partial charge is 0.306 e. The average Bonchev–Trinajstić information content (AvgIpc) is 2.27. The van der Waals surface area contributed by atoms with Crippen molar-refractivity contribution in [3.8, 4) is 0 Å². The van der Waals surface area contributed by atoms with Gasteiger partial charge in [-0.3, -0.25) is 4.79 Å². The van der Waals surface area contributed by atoms with E-state index in [4.69, 9.17) is 4.74 Å². The van der Waals surface area contributed by atoms with E-state index in [1.54, 1.807) is 0 Å². The van der Waals surface area contributed by atoms with Crippen molar-refractivity contribution in [1.29, 1.82) is 0 Å². The molecular weight excluding hydrogens is 200 g/mol. The first kappa shape index (κ1) is 12.8. The molecule has 0 heterocycles. The third kappa shape index (κ3) is 3.69. The molecule has 0 spiro atoms. The largest absolute Gasteiger partial charge is 0.455 e. The summed E-state index contributed by atoms with van der Waals surface area (Å²) < 4.78 is 5.49. The van der Waals surface area contributed by atoms with Crippen molar-refractivity contribution >= 4 is 5.97 Å². The molecule has 16 heavy (non-hydrogen) atoms. The predicted octanol–water partition coefficient (Wildman–Crippen LogP) is 3.66. The van der Waals surface area contributed by atoms with Crippen molar-refractivity contribution < 1.29 is 9.53 Å². The molecule has 1 rings (SSSR count). The van der Waals surface area contributed by atoms with Gasteiger partial charge in [0.15, 0.2) is 0 Å². The molecule has 1 aromatic rings. The number of unbranched alkanes of at least 4 members (excludes halogenated alkanes) is 1. The van der Waals surface area contributed by atoms with Crippen LogP contribution in [-0.2, 0) is 15.1 Å². The zero-order valence-corrected chi connectivity index (χ0v) is 10.3. The van der Waals surface area contributed by atoms with Crippen LogP contribution in [0.2, 0.25) is 0 Å². The summed E-state index contributed by atoms with van der Waals surface area (Å²) in [5.41, 5.74) is 0.492. The van der Waals surface area contributed by atoms with Crippen molar-refractivity contribution in [3.05, 3.63) is 35.9 Å². The lowest BCUT2D eigenvalue weighted by Crippen LogP contribution is -2.25. The van der Waals surface area contributed by atoms with E-state index >= 15 is 0 Å². The van der Waals surface area contributed by atoms with Gasteiger partial charge in [-0.2, -0.15) is 0 Å². The van der Waals surface area contributed by atoms with Crippen molar-refractivity contribution in [2.24, 2.45) is 0 Å². The number of hydrogen-bond donors (Lipinski definition) is 0. The quantitative estimate of drug-likeness (QED) is 0.708. The van der Waals surface area contributed by atoms with Crippen LogP contribution in [0.25, 0.3) is 0 Å². The van der Waals surface area contributed by atoms with E-state index in [9.17, 15) is 4.79 Å². The normalized spacial score (nSPS) is 11.2. The van der Waals surface area contributed by atoms with E-state index in [1.807, 2.05) is 44.2 Å². The Hall–Kier alpha value is -1.31. The van der Waals surface area contributed by atoms with Gasteiger partial charge in [0.05, 0.1) is 0 Å². The highest BCUT2D eigenvalue weighted by Crippen LogP contribution is 2.25. The Morgan fingerprint density at radius 1 is 1.25 bits per heavy atom. The Balaban J connectivity index is 2.61. The topological polar surface area (TPSA) is 26.3 Å². The second-order valence-electron chi connectivity index (χ2n) is 4.45. The minimum absolute atomic E-state index is 0.115. The number of benzene rings is 1. The fourth-order valence-corrected chi connectivity index (χ4v) is 1.56. The number of hydrogen-bond acceptors (Lipinski definition) is 2. The van der Waals surface area contributed by atoms with Gasteiger partial charge < -0.3 is 4.74 Å². The molecule has 0 unspecified atom stereocenters. The van der Waals surface area contributed by atoms with Crippen molar-refractivity contribution in [3.63, 3.8) is 0 Å². The third-order valence-electron chi connectivity index (χ3n) is 2.57. The van der Waals surface area contributed by atoms with Gasteiger partial charge in [-0.05, 0) is 25.8 Å². The molecule has 0 aromatic heterocycles. The van der Waals surface area contributed by atoms with Gasteiger partial charge in [0.1, 0.15) is 5.60 Å². The maximum atomic E-state index is 11.6. The molecule has 2 heteroatoms. The first-order chi connectivity index (χ1) is 7.56. The van der Waals surface area contributed by atoms with Gasteiger partial charge in [0.2, 0.25) is 0 Å². The highest BCUT2D eigenvalue weighted by Gasteiger charge is 2.24. The van der Waals surface area contributed by atoms with E-state index in [0.717, 1.165) is 18.4 Å². The molecule has 0 saturated heterocycles. The van der Waals surface area contributed by atoms with Gasteiger partial charge in [0, 0.05) is 6.42 Å². The highest BCUT2D eigenvalue weighted by atomic mass is 16.6. The summed E-state index contributed by atoms with van der Waals surface area (Å²) in [7, 11) is 0. The molecule has 1 aromatic carbocycles. The zero-order chi connectivity index (χ0) is 12.0. The van der Waals surface area contributed by atoms with Gasteiger partial charge in [-0.1, -0.05) is 43.7 Å². The van der Waals surface area contributed by atoms with Crippen LogP contribution in [0.5, 0.6) is 0 Å². The van der Waals surface area contributed by atoms with Gasteiger partial charge in [-0.15, -0.1) is 0 Å². The number of carbonyl (C=O) groups is 1. The van der Waals surface area contributed by atoms with Gasteiger partial charge in [-0.25, -0.2) is 0 Å². The monoisotopic (exact) mass is 220 g/mol. The lowest BCUT2D eigenvalue weighted by atomic mass is 9.98. The Morgan fingerprint density at radius 2 is 1.88 bits per heavy atom. The van der Waals surface area contributed by atoms with Crippen LogP contribution in [0.4, 0.5) is 0 Å². The first-order valence-electron chi connectivity index (χ1n) is 5.83. The molecule has 88 valence electrons. The van der Waals surface area contributed by atoms with Crippen LogP contribution >= 0.6 is 0 Å². The van der Waals surface area contributed by atoms with E-state index in [-0.39, 0.29) is 5.97 Å². The number of carbonyl (C=O) groups excluding carboxylic acids is 1. The summed E-state index contributed by atoms with van der Waals surface area (Å²) in [5, 5.41) is 0. The molecule has 0 aliphatic rings. The Labute approximate surface area is 97.6 Å². The fourth-order valence-electron chi connectivity index (χ4n) is 1.56. The summed E-state index contributed by atoms with van der Waals surface area (Å²) in [6.45, 7) is 5.91. The van der Waals surface area contributed by atoms with E-state index in [0.29, 0.717) is 6.42 Å². The molecule has 0 radical (unpaired) electrons. The van der Waals surface area contributed by atoms with Gasteiger partial charge in [0.25, 0.3) is 0 Å². The van der Waals surface area contributed by atoms with Crippen LogP contribution < -0.4 is 0 Å². The maximum Gasteiger partial charge on any atom is 0.306 e. The third-order valence-corrected chi connectivity index (χ3v) is 2.57. The lowest BCUT2D eigenvalue weighted by Gasteiger charge is -2.25. The molecule has 0 atom stereocenters.